The van der Waals surface area contributed by atoms with Crippen LogP contribution >= 0.6 is 0 Å². The van der Waals surface area contributed by atoms with Crippen LogP contribution in [0.4, 0.5) is 0 Å². The summed E-state index contributed by atoms with van der Waals surface area (Å²) in [7, 11) is -1.42. The predicted molar refractivity (Wildman–Crippen MR) is 140 cm³/mol. The topological polar surface area (TPSA) is 101 Å². The molecule has 8 heteroatoms. The Morgan fingerprint density at radius 3 is 2.39 bits per heavy atom. The molecule has 7 nitrogen and oxygen atoms in total. The Morgan fingerprint density at radius 2 is 1.72 bits per heavy atom. The maximum Gasteiger partial charge on any atom is 0.249 e. The summed E-state index contributed by atoms with van der Waals surface area (Å²) in [5.74, 6) is -1.18. The monoisotopic (exact) mass is 511 g/mol. The van der Waals surface area contributed by atoms with Gasteiger partial charge in [0.2, 0.25) is 11.8 Å². The van der Waals surface area contributed by atoms with E-state index in [1.807, 2.05) is 17.0 Å². The molecule has 1 saturated carbocycles. The number of nitrogens with zero attached hydrogens (tertiary/aromatic N) is 2. The van der Waals surface area contributed by atoms with Crippen LogP contribution in [0.25, 0.3) is 0 Å². The molecular formula is C28H37N3O4S. The second-order valence-electron chi connectivity index (χ2n) is 10.5. The molecule has 1 saturated heterocycles. The van der Waals surface area contributed by atoms with Crippen LogP contribution in [0.2, 0.25) is 0 Å². The van der Waals surface area contributed by atoms with Crippen molar-refractivity contribution in [2.45, 2.75) is 68.5 Å². The average Bonchev–Trinajstić information content (AvgIpc) is 3.24. The Bertz CT molecular complexity index is 1200. The second-order valence-corrected chi connectivity index (χ2v) is 12.5. The lowest BCUT2D eigenvalue weighted by Gasteiger charge is -2.44. The van der Waals surface area contributed by atoms with Crippen LogP contribution in [0, 0.1) is 5.92 Å². The van der Waals surface area contributed by atoms with Crippen LogP contribution < -0.4 is 5.73 Å². The highest BCUT2D eigenvalue weighted by Crippen LogP contribution is 2.39. The van der Waals surface area contributed by atoms with E-state index in [1.54, 1.807) is 42.5 Å². The molecule has 36 heavy (non-hydrogen) atoms. The van der Waals surface area contributed by atoms with Gasteiger partial charge in [0, 0.05) is 30.2 Å². The van der Waals surface area contributed by atoms with Crippen molar-refractivity contribution in [1.29, 1.82) is 0 Å². The van der Waals surface area contributed by atoms with Gasteiger partial charge in [-0.3, -0.25) is 9.59 Å². The molecule has 1 heterocycles. The van der Waals surface area contributed by atoms with E-state index in [4.69, 9.17) is 5.73 Å². The molecule has 2 aliphatic rings. The molecule has 0 spiro atoms. The summed E-state index contributed by atoms with van der Waals surface area (Å²) in [4.78, 5) is 30.2. The molecule has 2 fully saturated rings. The first-order valence-electron chi connectivity index (χ1n) is 12.8. The average molecular weight is 512 g/mol. The van der Waals surface area contributed by atoms with Crippen LogP contribution in [-0.2, 0) is 14.6 Å². The molecule has 1 aliphatic carbocycles. The number of hydrogen-bond donors (Lipinski definition) is 1. The fourth-order valence-electron chi connectivity index (χ4n) is 5.96. The first kappa shape index (κ1) is 26.4. The molecule has 2 amide bonds. The van der Waals surface area contributed by atoms with Crippen LogP contribution in [0.5, 0.6) is 0 Å². The van der Waals surface area contributed by atoms with Gasteiger partial charge in [-0.25, -0.2) is 8.42 Å². The Hall–Kier alpha value is -2.71. The lowest BCUT2D eigenvalue weighted by molar-refractivity contribution is -0.132. The van der Waals surface area contributed by atoms with Gasteiger partial charge in [-0.1, -0.05) is 36.4 Å². The van der Waals surface area contributed by atoms with Crippen LogP contribution in [0.3, 0.4) is 0 Å². The van der Waals surface area contributed by atoms with Gasteiger partial charge in [0.05, 0.1) is 16.6 Å². The maximum absolute atomic E-state index is 13.7. The van der Waals surface area contributed by atoms with Crippen molar-refractivity contribution in [2.24, 2.45) is 11.7 Å². The van der Waals surface area contributed by atoms with Gasteiger partial charge >= 0.3 is 0 Å². The number of nitrogens with two attached hydrogens (primary N) is 1. The Kier molecular flexibility index (Phi) is 7.85. The predicted octanol–water partition coefficient (Wildman–Crippen LogP) is 3.45. The van der Waals surface area contributed by atoms with Gasteiger partial charge in [-0.2, -0.15) is 0 Å². The van der Waals surface area contributed by atoms with Gasteiger partial charge in [0.25, 0.3) is 0 Å². The molecule has 1 aliphatic heterocycles. The number of carbonyl (C=O) groups is 2. The van der Waals surface area contributed by atoms with Crippen LogP contribution in [0.15, 0.2) is 59.5 Å². The van der Waals surface area contributed by atoms with Crippen molar-refractivity contribution in [3.8, 4) is 0 Å². The number of amides is 2. The van der Waals surface area contributed by atoms with E-state index in [1.165, 1.54) is 0 Å². The zero-order chi connectivity index (χ0) is 26.0. The Morgan fingerprint density at radius 1 is 1.06 bits per heavy atom. The highest BCUT2D eigenvalue weighted by Gasteiger charge is 2.44. The summed E-state index contributed by atoms with van der Waals surface area (Å²) >= 11 is 0. The van der Waals surface area contributed by atoms with Gasteiger partial charge in [-0.15, -0.1) is 0 Å². The van der Waals surface area contributed by atoms with Crippen molar-refractivity contribution in [1.82, 2.24) is 9.80 Å². The first-order valence-corrected chi connectivity index (χ1v) is 14.4. The molecule has 4 atom stereocenters. The fraction of sp³-hybridized carbons (Fsp3) is 0.500. The summed E-state index contributed by atoms with van der Waals surface area (Å²) in [6.07, 6.45) is 2.98. The molecule has 0 aromatic heterocycles. The quantitative estimate of drug-likeness (QED) is 0.585. The molecule has 0 bridgehead atoms. The first-order chi connectivity index (χ1) is 17.1. The normalized spacial score (nSPS) is 25.0. The molecule has 2 aromatic carbocycles. The van der Waals surface area contributed by atoms with Crippen molar-refractivity contribution < 1.29 is 18.0 Å². The second kappa shape index (κ2) is 10.7. The number of carbonyl (C=O) groups excluding carboxylic acids is 2. The Labute approximate surface area is 214 Å². The zero-order valence-electron chi connectivity index (χ0n) is 21.3. The fourth-order valence-corrected chi connectivity index (χ4v) is 7.64. The molecule has 0 unspecified atom stereocenters. The lowest BCUT2D eigenvalue weighted by atomic mass is 9.80. The maximum atomic E-state index is 13.7. The van der Waals surface area contributed by atoms with Gasteiger partial charge in [-0.05, 0) is 76.3 Å². The summed E-state index contributed by atoms with van der Waals surface area (Å²) in [5, 5.41) is 0. The third-order valence-corrected chi connectivity index (χ3v) is 9.94. The van der Waals surface area contributed by atoms with E-state index in [0.29, 0.717) is 35.0 Å². The van der Waals surface area contributed by atoms with Crippen molar-refractivity contribution in [3.05, 3.63) is 65.7 Å². The molecule has 0 radical (unpaired) electrons. The minimum Gasteiger partial charge on any atom is -0.366 e. The molecule has 2 N–H and O–H groups in total. The summed E-state index contributed by atoms with van der Waals surface area (Å²) < 4.78 is 26.8. The van der Waals surface area contributed by atoms with Gasteiger partial charge in [0.1, 0.15) is 0 Å². The molecule has 194 valence electrons. The minimum atomic E-state index is -3.51. The van der Waals surface area contributed by atoms with Crippen LogP contribution in [-0.4, -0.2) is 67.5 Å². The molecule has 4 rings (SSSR count). The smallest absolute Gasteiger partial charge is 0.249 e. The van der Waals surface area contributed by atoms with E-state index >= 15 is 0 Å². The largest absolute Gasteiger partial charge is 0.366 e. The molecule has 2 aromatic rings. The summed E-state index contributed by atoms with van der Waals surface area (Å²) in [6.45, 7) is 4.84. The summed E-state index contributed by atoms with van der Waals surface area (Å²) in [5.41, 5.74) is 6.63. The van der Waals surface area contributed by atoms with Crippen molar-refractivity contribution in [2.75, 3.05) is 19.3 Å². The highest BCUT2D eigenvalue weighted by atomic mass is 32.2. The van der Waals surface area contributed by atoms with E-state index in [0.717, 1.165) is 19.3 Å². The summed E-state index contributed by atoms with van der Waals surface area (Å²) in [6, 6.07) is 16.1. The van der Waals surface area contributed by atoms with Crippen LogP contribution in [0.1, 0.15) is 61.4 Å². The van der Waals surface area contributed by atoms with E-state index < -0.39 is 21.7 Å². The number of hydrogen-bond acceptors (Lipinski definition) is 5. The van der Waals surface area contributed by atoms with E-state index in [-0.39, 0.29) is 29.7 Å². The number of benzene rings is 2. The van der Waals surface area contributed by atoms with Crippen molar-refractivity contribution in [3.63, 3.8) is 0 Å². The van der Waals surface area contributed by atoms with Gasteiger partial charge < -0.3 is 15.5 Å². The number of likely N-dealkylation sites (tertiary alicyclic amines) is 1. The number of sulfone groups is 1. The molecular weight excluding hydrogens is 474 g/mol. The number of primary amides is 1. The third-order valence-electron chi connectivity index (χ3n) is 8.08. The lowest BCUT2D eigenvalue weighted by Crippen LogP contribution is -2.51. The van der Waals surface area contributed by atoms with E-state index in [9.17, 15) is 18.0 Å². The van der Waals surface area contributed by atoms with E-state index in [2.05, 4.69) is 25.8 Å². The number of rotatable bonds is 8. The SMILES string of the molecule is CC(C)N(C)[C@@H]1CC[C@H](N2CC[C@@H](c3ccccc3C(N)=O)C2=O)[C@H](CS(=O)(=O)c2ccccc2)C1. The van der Waals surface area contributed by atoms with Gasteiger partial charge in [0.15, 0.2) is 9.84 Å². The zero-order valence-corrected chi connectivity index (χ0v) is 22.2. The third kappa shape index (κ3) is 5.34. The minimum absolute atomic E-state index is 0.0104. The standard InChI is InChI=1S/C28H37N3O4S/c1-19(2)30(3)21-13-14-26(20(17-21)18-36(34,35)22-9-5-4-6-10-22)31-16-15-25(28(31)33)23-11-7-8-12-24(23)27(29)32/h4-12,19-21,25-26H,13-18H2,1-3H3,(H2,29,32)/t20-,21+,25-,26-/m0/s1. The van der Waals surface area contributed by atoms with Crippen molar-refractivity contribution >= 4 is 21.7 Å². The Balaban J connectivity index is 1.61. The highest BCUT2D eigenvalue weighted by molar-refractivity contribution is 7.91.